The van der Waals surface area contributed by atoms with Crippen molar-refractivity contribution in [3.8, 4) is 11.1 Å². The van der Waals surface area contributed by atoms with Crippen LogP contribution < -0.4 is 5.32 Å². The molecule has 1 aliphatic heterocycles. The SMILES string of the molecule is C/C=C\c1ccc(-c2cc(NC3CCC(=O)N(C)C3)cc3nccnc23)cc1C.CC. The maximum absolute atomic E-state index is 11.8. The number of hydrogen-bond acceptors (Lipinski definition) is 4. The first-order chi connectivity index (χ1) is 15.0. The Morgan fingerprint density at radius 1 is 1.13 bits per heavy atom. The van der Waals surface area contributed by atoms with E-state index in [1.807, 2.05) is 33.9 Å². The van der Waals surface area contributed by atoms with Gasteiger partial charge < -0.3 is 10.2 Å². The molecule has 0 bridgehead atoms. The van der Waals surface area contributed by atoms with E-state index in [1.54, 1.807) is 17.3 Å². The van der Waals surface area contributed by atoms with Crippen molar-refractivity contribution in [3.05, 3.63) is 59.9 Å². The second kappa shape index (κ2) is 10.2. The Kier molecular flexibility index (Phi) is 7.40. The monoisotopic (exact) mass is 416 g/mol. The number of anilines is 1. The van der Waals surface area contributed by atoms with Gasteiger partial charge in [0.15, 0.2) is 0 Å². The lowest BCUT2D eigenvalue weighted by atomic mass is 9.97. The number of carbonyl (C=O) groups is 1. The van der Waals surface area contributed by atoms with Crippen LogP contribution in [0.1, 0.15) is 44.7 Å². The standard InChI is InChI=1S/C24H26N4O.C2H6/c1-4-5-17-6-7-18(12-16(17)2)21-13-20(14-22-24(21)26-11-10-25-22)27-19-8-9-23(29)28(3)15-19;1-2/h4-7,10-14,19,27H,8-9,15H2,1-3H3;1-2H3/b5-4-;. The van der Waals surface area contributed by atoms with Crippen LogP contribution in [0.15, 0.2) is 48.8 Å². The third-order valence-electron chi connectivity index (χ3n) is 5.50. The Balaban J connectivity index is 0.00000132. The predicted molar refractivity (Wildman–Crippen MR) is 130 cm³/mol. The van der Waals surface area contributed by atoms with Crippen LogP contribution in [0.2, 0.25) is 0 Å². The zero-order valence-electron chi connectivity index (χ0n) is 19.1. The van der Waals surface area contributed by atoms with Crippen LogP contribution >= 0.6 is 0 Å². The van der Waals surface area contributed by atoms with Gasteiger partial charge in [0.05, 0.1) is 11.0 Å². The molecule has 5 nitrogen and oxygen atoms in total. The lowest BCUT2D eigenvalue weighted by Gasteiger charge is -2.31. The summed E-state index contributed by atoms with van der Waals surface area (Å²) in [5, 5.41) is 3.61. The van der Waals surface area contributed by atoms with Gasteiger partial charge in [0.2, 0.25) is 5.91 Å². The molecule has 1 atom stereocenters. The van der Waals surface area contributed by atoms with Gasteiger partial charge in [-0.05, 0) is 49.1 Å². The number of allylic oxidation sites excluding steroid dienone is 1. The number of rotatable bonds is 4. The van der Waals surface area contributed by atoms with Crippen LogP contribution in [-0.2, 0) is 4.79 Å². The second-order valence-electron chi connectivity index (χ2n) is 7.67. The normalized spacial score (nSPS) is 16.4. The number of nitrogens with one attached hydrogen (secondary N) is 1. The minimum absolute atomic E-state index is 0.213. The molecule has 1 fully saturated rings. The van der Waals surface area contributed by atoms with Gasteiger partial charge in [0, 0.05) is 49.7 Å². The van der Waals surface area contributed by atoms with E-state index in [0.717, 1.165) is 34.3 Å². The Labute approximate surface area is 185 Å². The van der Waals surface area contributed by atoms with Crippen molar-refractivity contribution >= 4 is 28.7 Å². The van der Waals surface area contributed by atoms with Crippen LogP contribution in [0.3, 0.4) is 0 Å². The molecule has 1 amide bonds. The van der Waals surface area contributed by atoms with Crippen molar-refractivity contribution in [2.45, 2.75) is 46.6 Å². The second-order valence-corrected chi connectivity index (χ2v) is 7.67. The number of likely N-dealkylation sites (tertiary alicyclic amines) is 1. The lowest BCUT2D eigenvalue weighted by molar-refractivity contribution is -0.132. The summed E-state index contributed by atoms with van der Waals surface area (Å²) in [6.07, 6.45) is 9.06. The van der Waals surface area contributed by atoms with E-state index in [9.17, 15) is 4.79 Å². The van der Waals surface area contributed by atoms with E-state index in [2.05, 4.69) is 58.6 Å². The minimum Gasteiger partial charge on any atom is -0.380 e. The molecule has 4 rings (SSSR count). The molecule has 31 heavy (non-hydrogen) atoms. The molecular formula is C26H32N4O. The van der Waals surface area contributed by atoms with Crippen molar-refractivity contribution < 1.29 is 4.79 Å². The van der Waals surface area contributed by atoms with Gasteiger partial charge in [0.1, 0.15) is 0 Å². The van der Waals surface area contributed by atoms with Gasteiger partial charge in [-0.1, -0.05) is 44.2 Å². The number of aromatic nitrogens is 2. The van der Waals surface area contributed by atoms with Gasteiger partial charge in [-0.25, -0.2) is 0 Å². The third-order valence-corrected chi connectivity index (χ3v) is 5.50. The van der Waals surface area contributed by atoms with Gasteiger partial charge in [-0.15, -0.1) is 0 Å². The number of fused-ring (bicyclic) bond motifs is 1. The molecule has 1 aliphatic rings. The van der Waals surface area contributed by atoms with Gasteiger partial charge >= 0.3 is 0 Å². The van der Waals surface area contributed by atoms with E-state index in [1.165, 1.54) is 11.1 Å². The summed E-state index contributed by atoms with van der Waals surface area (Å²) in [6, 6.07) is 10.9. The Morgan fingerprint density at radius 3 is 2.61 bits per heavy atom. The summed E-state index contributed by atoms with van der Waals surface area (Å²) < 4.78 is 0. The number of piperidine rings is 1. The number of likely N-dealkylation sites (N-methyl/N-ethyl adjacent to an activating group) is 1. The average Bonchev–Trinajstić information content (AvgIpc) is 2.79. The zero-order valence-corrected chi connectivity index (χ0v) is 19.1. The summed E-state index contributed by atoms with van der Waals surface area (Å²) in [5.41, 5.74) is 7.40. The molecule has 1 unspecified atom stereocenters. The van der Waals surface area contributed by atoms with E-state index in [0.29, 0.717) is 13.0 Å². The van der Waals surface area contributed by atoms with Crippen LogP contribution in [0.25, 0.3) is 28.2 Å². The molecule has 0 radical (unpaired) electrons. The number of aryl methyl sites for hydroxylation is 1. The van der Waals surface area contributed by atoms with Crippen molar-refractivity contribution in [1.82, 2.24) is 14.9 Å². The van der Waals surface area contributed by atoms with E-state index in [4.69, 9.17) is 0 Å². The number of amides is 1. The fourth-order valence-corrected chi connectivity index (χ4v) is 3.95. The lowest BCUT2D eigenvalue weighted by Crippen LogP contribution is -2.43. The molecule has 0 aliphatic carbocycles. The molecule has 1 saturated heterocycles. The van der Waals surface area contributed by atoms with Gasteiger partial charge in [0.25, 0.3) is 0 Å². The van der Waals surface area contributed by atoms with Crippen LogP contribution in [0.4, 0.5) is 5.69 Å². The van der Waals surface area contributed by atoms with Crippen LogP contribution in [-0.4, -0.2) is 40.4 Å². The van der Waals surface area contributed by atoms with E-state index in [-0.39, 0.29) is 11.9 Å². The van der Waals surface area contributed by atoms with E-state index >= 15 is 0 Å². The maximum Gasteiger partial charge on any atom is 0.222 e. The maximum atomic E-state index is 11.8. The first kappa shape index (κ1) is 22.5. The highest BCUT2D eigenvalue weighted by atomic mass is 16.2. The predicted octanol–water partition coefficient (Wildman–Crippen LogP) is 5.70. The van der Waals surface area contributed by atoms with Crippen molar-refractivity contribution in [1.29, 1.82) is 0 Å². The Hall–Kier alpha value is -3.21. The zero-order chi connectivity index (χ0) is 22.4. The van der Waals surface area contributed by atoms with Crippen molar-refractivity contribution in [3.63, 3.8) is 0 Å². The summed E-state index contributed by atoms with van der Waals surface area (Å²) in [7, 11) is 1.86. The number of hydrogen-bond donors (Lipinski definition) is 1. The highest BCUT2D eigenvalue weighted by Gasteiger charge is 2.23. The number of nitrogens with zero attached hydrogens (tertiary/aromatic N) is 3. The molecular weight excluding hydrogens is 384 g/mol. The third kappa shape index (κ3) is 5.10. The topological polar surface area (TPSA) is 58.1 Å². The largest absolute Gasteiger partial charge is 0.380 e. The molecule has 162 valence electrons. The van der Waals surface area contributed by atoms with E-state index < -0.39 is 0 Å². The summed E-state index contributed by atoms with van der Waals surface area (Å²) in [5.74, 6) is 0.213. The molecule has 2 aromatic carbocycles. The molecule has 3 aromatic rings. The summed E-state index contributed by atoms with van der Waals surface area (Å²) in [4.78, 5) is 22.7. The molecule has 1 aromatic heterocycles. The van der Waals surface area contributed by atoms with Crippen LogP contribution in [0.5, 0.6) is 0 Å². The first-order valence-corrected chi connectivity index (χ1v) is 11.0. The summed E-state index contributed by atoms with van der Waals surface area (Å²) >= 11 is 0. The molecule has 0 spiro atoms. The molecule has 1 N–H and O–H groups in total. The Morgan fingerprint density at radius 2 is 1.90 bits per heavy atom. The van der Waals surface area contributed by atoms with Crippen LogP contribution in [0, 0.1) is 6.92 Å². The molecule has 5 heteroatoms. The molecule has 0 saturated carbocycles. The fourth-order valence-electron chi connectivity index (χ4n) is 3.95. The minimum atomic E-state index is 0.213. The Bertz CT molecular complexity index is 1090. The van der Waals surface area contributed by atoms with Gasteiger partial charge in [-0.3, -0.25) is 14.8 Å². The highest BCUT2D eigenvalue weighted by Crippen LogP contribution is 2.32. The number of carbonyl (C=O) groups excluding carboxylic acids is 1. The highest BCUT2D eigenvalue weighted by molar-refractivity contribution is 5.94. The summed E-state index contributed by atoms with van der Waals surface area (Å²) in [6.45, 7) is 8.87. The van der Waals surface area contributed by atoms with Crippen molar-refractivity contribution in [2.75, 3.05) is 18.9 Å². The first-order valence-electron chi connectivity index (χ1n) is 11.0. The number of benzene rings is 2. The van der Waals surface area contributed by atoms with Gasteiger partial charge in [-0.2, -0.15) is 0 Å². The fraction of sp³-hybridized carbons (Fsp3) is 0.346. The smallest absolute Gasteiger partial charge is 0.222 e. The quantitative estimate of drug-likeness (QED) is 0.593. The average molecular weight is 417 g/mol. The molecule has 2 heterocycles. The van der Waals surface area contributed by atoms with Crippen molar-refractivity contribution in [2.24, 2.45) is 0 Å².